The normalized spacial score (nSPS) is 21.1. The summed E-state index contributed by atoms with van der Waals surface area (Å²) in [6, 6.07) is 10.9. The number of hydrogen-bond acceptors (Lipinski definition) is 3. The number of nitrogens with one attached hydrogen (secondary N) is 1. The fourth-order valence-corrected chi connectivity index (χ4v) is 2.94. The van der Waals surface area contributed by atoms with Crippen molar-refractivity contribution >= 4 is 5.69 Å². The van der Waals surface area contributed by atoms with E-state index < -0.39 is 0 Å². The third-order valence-electron chi connectivity index (χ3n) is 3.97. The van der Waals surface area contributed by atoms with E-state index in [0.29, 0.717) is 6.04 Å². The van der Waals surface area contributed by atoms with Crippen LogP contribution in [0, 0.1) is 0 Å². The highest BCUT2D eigenvalue weighted by Crippen LogP contribution is 2.27. The zero-order chi connectivity index (χ0) is 14.7. The Morgan fingerprint density at radius 1 is 1.33 bits per heavy atom. The van der Waals surface area contributed by atoms with Crippen molar-refractivity contribution < 1.29 is 4.74 Å². The minimum Gasteiger partial charge on any atom is -0.382 e. The Morgan fingerprint density at radius 2 is 2.19 bits per heavy atom. The molecule has 3 rings (SSSR count). The first-order chi connectivity index (χ1) is 10.1. The Bertz CT molecular complexity index is 577. The second-order valence-electron chi connectivity index (χ2n) is 6.30. The summed E-state index contributed by atoms with van der Waals surface area (Å²) in [5.74, 6) is 0. The van der Waals surface area contributed by atoms with Crippen LogP contribution in [-0.2, 0) is 11.3 Å². The van der Waals surface area contributed by atoms with E-state index in [4.69, 9.17) is 4.74 Å². The van der Waals surface area contributed by atoms with E-state index in [9.17, 15) is 0 Å². The van der Waals surface area contributed by atoms with Crippen molar-refractivity contribution in [3.63, 3.8) is 0 Å². The van der Waals surface area contributed by atoms with Crippen LogP contribution in [0.3, 0.4) is 0 Å². The summed E-state index contributed by atoms with van der Waals surface area (Å²) in [7, 11) is 0. The van der Waals surface area contributed by atoms with E-state index in [1.807, 2.05) is 23.1 Å². The van der Waals surface area contributed by atoms with Gasteiger partial charge in [-0.2, -0.15) is 5.10 Å². The van der Waals surface area contributed by atoms with Crippen molar-refractivity contribution in [3.8, 4) is 0 Å². The third kappa shape index (κ3) is 3.64. The fraction of sp³-hybridized carbons (Fsp3) is 0.471. The zero-order valence-corrected chi connectivity index (χ0v) is 12.7. The first kappa shape index (κ1) is 14.1. The quantitative estimate of drug-likeness (QED) is 0.937. The molecule has 1 aliphatic rings. The van der Waals surface area contributed by atoms with Crippen molar-refractivity contribution in [3.05, 3.63) is 48.3 Å². The van der Waals surface area contributed by atoms with Gasteiger partial charge in [0, 0.05) is 30.7 Å². The lowest BCUT2D eigenvalue weighted by atomic mass is 9.93. The Morgan fingerprint density at radius 3 is 2.95 bits per heavy atom. The van der Waals surface area contributed by atoms with Gasteiger partial charge in [-0.15, -0.1) is 0 Å². The Labute approximate surface area is 126 Å². The monoisotopic (exact) mass is 285 g/mol. The second-order valence-corrected chi connectivity index (χ2v) is 6.30. The molecular formula is C17H23N3O. The number of aromatic nitrogens is 2. The van der Waals surface area contributed by atoms with Gasteiger partial charge in [-0.1, -0.05) is 18.2 Å². The van der Waals surface area contributed by atoms with Gasteiger partial charge in [-0.25, -0.2) is 0 Å². The summed E-state index contributed by atoms with van der Waals surface area (Å²) in [6.07, 6.45) is 5.90. The van der Waals surface area contributed by atoms with Crippen LogP contribution in [0.15, 0.2) is 42.7 Å². The number of nitrogens with zero attached hydrogens (tertiary/aromatic N) is 2. The number of para-hydroxylation sites is 1. The average molecular weight is 285 g/mol. The first-order valence-electron chi connectivity index (χ1n) is 7.58. The first-order valence-corrected chi connectivity index (χ1v) is 7.58. The minimum absolute atomic E-state index is 0.0349. The van der Waals surface area contributed by atoms with E-state index >= 15 is 0 Å². The van der Waals surface area contributed by atoms with E-state index in [2.05, 4.69) is 48.5 Å². The van der Waals surface area contributed by atoms with Crippen molar-refractivity contribution in [1.29, 1.82) is 0 Å². The smallest absolute Gasteiger partial charge is 0.0679 e. The summed E-state index contributed by atoms with van der Waals surface area (Å²) in [5, 5.41) is 7.99. The molecular weight excluding hydrogens is 262 g/mol. The maximum atomic E-state index is 5.79. The molecule has 2 heterocycles. The van der Waals surface area contributed by atoms with Crippen molar-refractivity contribution in [2.75, 3.05) is 11.9 Å². The summed E-state index contributed by atoms with van der Waals surface area (Å²) in [6.45, 7) is 5.95. The molecule has 0 bridgehead atoms. The summed E-state index contributed by atoms with van der Waals surface area (Å²) >= 11 is 0. The predicted octanol–water partition coefficient (Wildman–Crippen LogP) is 3.30. The van der Waals surface area contributed by atoms with E-state index in [1.54, 1.807) is 0 Å². The lowest BCUT2D eigenvalue weighted by molar-refractivity contribution is -0.0553. The van der Waals surface area contributed by atoms with Crippen LogP contribution in [0.2, 0.25) is 0 Å². The summed E-state index contributed by atoms with van der Waals surface area (Å²) < 4.78 is 7.75. The van der Waals surface area contributed by atoms with Crippen LogP contribution in [0.4, 0.5) is 5.69 Å². The Hall–Kier alpha value is -1.81. The lowest BCUT2D eigenvalue weighted by Gasteiger charge is -2.36. The molecule has 1 saturated heterocycles. The van der Waals surface area contributed by atoms with Crippen LogP contribution in [-0.4, -0.2) is 28.0 Å². The number of anilines is 1. The molecule has 1 aliphatic heterocycles. The largest absolute Gasteiger partial charge is 0.382 e. The molecule has 0 amide bonds. The van der Waals surface area contributed by atoms with Crippen LogP contribution < -0.4 is 5.32 Å². The zero-order valence-electron chi connectivity index (χ0n) is 12.7. The molecule has 0 saturated carbocycles. The molecule has 112 valence electrons. The standard InChI is InChI=1S/C17H23N3O/c1-17(2)12-15(8-11-21-17)19-16-7-4-3-6-14(16)13-20-10-5-9-18-20/h3-7,9-10,15,19H,8,11-13H2,1-2H3. The minimum atomic E-state index is -0.0349. The van der Waals surface area contributed by atoms with Gasteiger partial charge in [-0.05, 0) is 44.4 Å². The Balaban J connectivity index is 1.73. The Kier molecular flexibility index (Phi) is 3.97. The second kappa shape index (κ2) is 5.90. The van der Waals surface area contributed by atoms with Crippen LogP contribution in [0.5, 0.6) is 0 Å². The predicted molar refractivity (Wildman–Crippen MR) is 84.4 cm³/mol. The molecule has 0 radical (unpaired) electrons. The number of hydrogen-bond donors (Lipinski definition) is 1. The van der Waals surface area contributed by atoms with E-state index in [1.165, 1.54) is 11.3 Å². The van der Waals surface area contributed by atoms with E-state index in [0.717, 1.165) is 26.0 Å². The van der Waals surface area contributed by atoms with Crippen LogP contribution >= 0.6 is 0 Å². The molecule has 4 heteroatoms. The van der Waals surface area contributed by atoms with Crippen LogP contribution in [0.1, 0.15) is 32.3 Å². The molecule has 1 aromatic heterocycles. The summed E-state index contributed by atoms with van der Waals surface area (Å²) in [4.78, 5) is 0. The van der Waals surface area contributed by atoms with Gasteiger partial charge >= 0.3 is 0 Å². The summed E-state index contributed by atoms with van der Waals surface area (Å²) in [5.41, 5.74) is 2.44. The number of rotatable bonds is 4. The van der Waals surface area contributed by atoms with Gasteiger partial charge < -0.3 is 10.1 Å². The molecule has 1 N–H and O–H groups in total. The molecule has 4 nitrogen and oxygen atoms in total. The highest BCUT2D eigenvalue weighted by atomic mass is 16.5. The van der Waals surface area contributed by atoms with Crippen molar-refractivity contribution in [2.45, 2.75) is 44.9 Å². The van der Waals surface area contributed by atoms with Gasteiger partial charge in [0.05, 0.1) is 12.1 Å². The average Bonchev–Trinajstić information content (AvgIpc) is 2.93. The maximum Gasteiger partial charge on any atom is 0.0679 e. The molecule has 1 atom stereocenters. The molecule has 1 unspecified atom stereocenters. The van der Waals surface area contributed by atoms with Gasteiger partial charge in [0.2, 0.25) is 0 Å². The lowest BCUT2D eigenvalue weighted by Crippen LogP contribution is -2.40. The van der Waals surface area contributed by atoms with Gasteiger partial charge in [0.1, 0.15) is 0 Å². The third-order valence-corrected chi connectivity index (χ3v) is 3.97. The van der Waals surface area contributed by atoms with E-state index in [-0.39, 0.29) is 5.60 Å². The number of benzene rings is 1. The molecule has 0 aliphatic carbocycles. The maximum absolute atomic E-state index is 5.79. The van der Waals surface area contributed by atoms with Crippen LogP contribution in [0.25, 0.3) is 0 Å². The molecule has 21 heavy (non-hydrogen) atoms. The fourth-order valence-electron chi connectivity index (χ4n) is 2.94. The van der Waals surface area contributed by atoms with Crippen molar-refractivity contribution in [1.82, 2.24) is 9.78 Å². The highest BCUT2D eigenvalue weighted by molar-refractivity contribution is 5.52. The topological polar surface area (TPSA) is 39.1 Å². The van der Waals surface area contributed by atoms with Crippen molar-refractivity contribution in [2.24, 2.45) is 0 Å². The molecule has 2 aromatic rings. The SMILES string of the molecule is CC1(C)CC(Nc2ccccc2Cn2cccn2)CCO1. The van der Waals surface area contributed by atoms with Gasteiger partial charge in [-0.3, -0.25) is 4.68 Å². The van der Waals surface area contributed by atoms with Gasteiger partial charge in [0.15, 0.2) is 0 Å². The molecule has 0 spiro atoms. The number of ether oxygens (including phenoxy) is 1. The van der Waals surface area contributed by atoms with Gasteiger partial charge in [0.25, 0.3) is 0 Å². The highest BCUT2D eigenvalue weighted by Gasteiger charge is 2.28. The molecule has 1 aromatic carbocycles. The molecule has 1 fully saturated rings.